The van der Waals surface area contributed by atoms with Gasteiger partial charge in [-0.05, 0) is 47.9 Å². The molecule has 3 heteroatoms. The molecule has 1 aliphatic rings. The van der Waals surface area contributed by atoms with Gasteiger partial charge in [-0.15, -0.1) is 6.58 Å². The van der Waals surface area contributed by atoms with Crippen molar-refractivity contribution >= 4 is 15.9 Å². The Morgan fingerprint density at radius 2 is 2.11 bits per heavy atom. The maximum absolute atomic E-state index is 6.40. The Balaban J connectivity index is 2.34. The van der Waals surface area contributed by atoms with E-state index < -0.39 is 0 Å². The third-order valence-corrected chi connectivity index (χ3v) is 4.50. The zero-order chi connectivity index (χ0) is 13.8. The maximum Gasteiger partial charge on any atom is 0.0471 e. The van der Waals surface area contributed by atoms with E-state index in [1.54, 1.807) is 0 Å². The molecule has 1 fully saturated rings. The molecule has 2 atom stereocenters. The lowest BCUT2D eigenvalue weighted by Crippen LogP contribution is -2.22. The van der Waals surface area contributed by atoms with Crippen molar-refractivity contribution in [2.45, 2.75) is 31.7 Å². The van der Waals surface area contributed by atoms with E-state index in [0.29, 0.717) is 5.92 Å². The molecule has 2 unspecified atom stereocenters. The zero-order valence-electron chi connectivity index (χ0n) is 11.4. The summed E-state index contributed by atoms with van der Waals surface area (Å²) in [6, 6.07) is 6.49. The average Bonchev–Trinajstić information content (AvgIpc) is 2.46. The van der Waals surface area contributed by atoms with Crippen molar-refractivity contribution in [2.75, 3.05) is 13.2 Å². The number of rotatable bonds is 4. The molecule has 0 saturated carbocycles. The van der Waals surface area contributed by atoms with Crippen LogP contribution in [0, 0.1) is 5.92 Å². The minimum atomic E-state index is 0.00726. The van der Waals surface area contributed by atoms with E-state index in [1.807, 2.05) is 6.08 Å². The van der Waals surface area contributed by atoms with Crippen LogP contribution in [0.1, 0.15) is 42.9 Å². The highest BCUT2D eigenvalue weighted by molar-refractivity contribution is 9.10. The number of ether oxygens (including phenoxy) is 1. The molecule has 104 valence electrons. The fourth-order valence-corrected chi connectivity index (χ4v) is 3.02. The summed E-state index contributed by atoms with van der Waals surface area (Å²) in [6.45, 7) is 7.68. The molecule has 1 aromatic rings. The molecule has 0 radical (unpaired) electrons. The molecule has 2 rings (SSSR count). The topological polar surface area (TPSA) is 35.2 Å². The van der Waals surface area contributed by atoms with Crippen LogP contribution >= 0.6 is 15.9 Å². The highest BCUT2D eigenvalue weighted by Crippen LogP contribution is 2.35. The number of halogens is 1. The quantitative estimate of drug-likeness (QED) is 0.844. The normalized spacial score (nSPS) is 19.9. The monoisotopic (exact) mass is 323 g/mol. The van der Waals surface area contributed by atoms with Crippen molar-refractivity contribution in [1.29, 1.82) is 0 Å². The van der Waals surface area contributed by atoms with Crippen molar-refractivity contribution in [3.63, 3.8) is 0 Å². The first kappa shape index (κ1) is 14.8. The molecule has 1 heterocycles. The van der Waals surface area contributed by atoms with Gasteiger partial charge in [-0.1, -0.05) is 35.0 Å². The summed E-state index contributed by atoms with van der Waals surface area (Å²) in [4.78, 5) is 0. The van der Waals surface area contributed by atoms with Crippen LogP contribution < -0.4 is 5.73 Å². The molecule has 1 saturated heterocycles. The standard InChI is InChI=1S/C16H22BrNO/c1-3-11(2)16(18)15-10-13(17)4-5-14(15)12-6-8-19-9-7-12/h3-5,10-12,16H,1,6-9,18H2,2H3. The van der Waals surface area contributed by atoms with Gasteiger partial charge in [0.1, 0.15) is 0 Å². The first-order valence-corrected chi connectivity index (χ1v) is 7.68. The molecule has 0 aliphatic carbocycles. The Kier molecular flexibility index (Phi) is 5.20. The van der Waals surface area contributed by atoms with E-state index in [0.717, 1.165) is 30.5 Å². The summed E-state index contributed by atoms with van der Waals surface area (Å²) in [5.74, 6) is 0.841. The Morgan fingerprint density at radius 3 is 2.74 bits per heavy atom. The van der Waals surface area contributed by atoms with E-state index in [1.165, 1.54) is 11.1 Å². The third-order valence-electron chi connectivity index (χ3n) is 4.01. The van der Waals surface area contributed by atoms with Gasteiger partial charge in [0.15, 0.2) is 0 Å². The number of benzene rings is 1. The summed E-state index contributed by atoms with van der Waals surface area (Å²) in [6.07, 6.45) is 4.10. The Morgan fingerprint density at radius 1 is 1.42 bits per heavy atom. The van der Waals surface area contributed by atoms with Crippen molar-refractivity contribution in [1.82, 2.24) is 0 Å². The van der Waals surface area contributed by atoms with Crippen molar-refractivity contribution < 1.29 is 4.74 Å². The van der Waals surface area contributed by atoms with Gasteiger partial charge >= 0.3 is 0 Å². The summed E-state index contributed by atoms with van der Waals surface area (Å²) >= 11 is 3.55. The minimum absolute atomic E-state index is 0.00726. The highest BCUT2D eigenvalue weighted by Gasteiger charge is 2.23. The van der Waals surface area contributed by atoms with Gasteiger partial charge in [0.2, 0.25) is 0 Å². The van der Waals surface area contributed by atoms with Gasteiger partial charge in [-0.25, -0.2) is 0 Å². The molecular formula is C16H22BrNO. The second-order valence-electron chi connectivity index (χ2n) is 5.28. The van der Waals surface area contributed by atoms with Crippen LogP contribution in [0.25, 0.3) is 0 Å². The molecular weight excluding hydrogens is 302 g/mol. The van der Waals surface area contributed by atoms with Gasteiger partial charge in [0.25, 0.3) is 0 Å². The number of nitrogens with two attached hydrogens (primary N) is 1. The van der Waals surface area contributed by atoms with Crippen molar-refractivity contribution in [2.24, 2.45) is 11.7 Å². The van der Waals surface area contributed by atoms with E-state index in [9.17, 15) is 0 Å². The van der Waals surface area contributed by atoms with E-state index >= 15 is 0 Å². The van der Waals surface area contributed by atoms with Gasteiger partial charge < -0.3 is 10.5 Å². The first-order chi connectivity index (χ1) is 9.13. The van der Waals surface area contributed by atoms with Gasteiger partial charge in [0, 0.05) is 23.7 Å². The molecule has 0 aromatic heterocycles. The van der Waals surface area contributed by atoms with Crippen molar-refractivity contribution in [3.05, 3.63) is 46.5 Å². The van der Waals surface area contributed by atoms with Crippen LogP contribution in [0.4, 0.5) is 0 Å². The lowest BCUT2D eigenvalue weighted by molar-refractivity contribution is 0.0850. The number of hydrogen-bond donors (Lipinski definition) is 1. The van der Waals surface area contributed by atoms with E-state index in [4.69, 9.17) is 10.5 Å². The summed E-state index contributed by atoms with van der Waals surface area (Å²) < 4.78 is 6.55. The largest absolute Gasteiger partial charge is 0.381 e. The second-order valence-corrected chi connectivity index (χ2v) is 6.20. The maximum atomic E-state index is 6.40. The lowest BCUT2D eigenvalue weighted by atomic mass is 9.83. The van der Waals surface area contributed by atoms with Crippen molar-refractivity contribution in [3.8, 4) is 0 Å². The van der Waals surface area contributed by atoms with Crippen LogP contribution in [-0.4, -0.2) is 13.2 Å². The van der Waals surface area contributed by atoms with Crippen LogP contribution in [0.2, 0.25) is 0 Å². The fraction of sp³-hybridized carbons (Fsp3) is 0.500. The SMILES string of the molecule is C=CC(C)C(N)c1cc(Br)ccc1C1CCOCC1. The first-order valence-electron chi connectivity index (χ1n) is 6.88. The molecule has 1 aliphatic heterocycles. The average molecular weight is 324 g/mol. The van der Waals surface area contributed by atoms with Gasteiger partial charge in [-0.2, -0.15) is 0 Å². The smallest absolute Gasteiger partial charge is 0.0471 e. The predicted molar refractivity (Wildman–Crippen MR) is 83.2 cm³/mol. The van der Waals surface area contributed by atoms with Crippen LogP contribution in [0.5, 0.6) is 0 Å². The minimum Gasteiger partial charge on any atom is -0.381 e. The van der Waals surface area contributed by atoms with E-state index in [-0.39, 0.29) is 12.0 Å². The van der Waals surface area contributed by atoms with Crippen LogP contribution in [0.3, 0.4) is 0 Å². The van der Waals surface area contributed by atoms with Gasteiger partial charge in [0.05, 0.1) is 0 Å². The second kappa shape index (κ2) is 6.69. The Hall–Kier alpha value is -0.640. The summed E-state index contributed by atoms with van der Waals surface area (Å²) in [5.41, 5.74) is 9.03. The fourth-order valence-electron chi connectivity index (χ4n) is 2.64. The molecule has 0 bridgehead atoms. The summed E-state index contributed by atoms with van der Waals surface area (Å²) in [5, 5.41) is 0. The molecule has 0 spiro atoms. The molecule has 1 aromatic carbocycles. The number of hydrogen-bond acceptors (Lipinski definition) is 2. The molecule has 19 heavy (non-hydrogen) atoms. The van der Waals surface area contributed by atoms with Gasteiger partial charge in [-0.3, -0.25) is 0 Å². The third kappa shape index (κ3) is 3.47. The predicted octanol–water partition coefficient (Wildman–Crippen LogP) is 4.17. The lowest BCUT2D eigenvalue weighted by Gasteiger charge is -2.28. The Bertz CT molecular complexity index is 440. The Labute approximate surface area is 124 Å². The summed E-state index contributed by atoms with van der Waals surface area (Å²) in [7, 11) is 0. The molecule has 0 amide bonds. The highest BCUT2D eigenvalue weighted by atomic mass is 79.9. The molecule has 2 N–H and O–H groups in total. The van der Waals surface area contributed by atoms with Crippen LogP contribution in [-0.2, 0) is 4.74 Å². The van der Waals surface area contributed by atoms with Crippen LogP contribution in [0.15, 0.2) is 35.3 Å². The van der Waals surface area contributed by atoms with E-state index in [2.05, 4.69) is 47.6 Å². The molecule has 2 nitrogen and oxygen atoms in total. The zero-order valence-corrected chi connectivity index (χ0v) is 13.0.